The minimum atomic E-state index is -0.790. The lowest BCUT2D eigenvalue weighted by Gasteiger charge is -2.23. The zero-order valence-electron chi connectivity index (χ0n) is 16.7. The Bertz CT molecular complexity index is 1150. The van der Waals surface area contributed by atoms with Crippen LogP contribution in [0.3, 0.4) is 0 Å². The quantitative estimate of drug-likeness (QED) is 0.385. The first-order valence-electron chi connectivity index (χ1n) is 9.34. The van der Waals surface area contributed by atoms with E-state index in [9.17, 15) is 14.7 Å². The first-order chi connectivity index (χ1) is 14.4. The number of methoxy groups -OCH3 is 1. The third kappa shape index (κ3) is 3.27. The van der Waals surface area contributed by atoms with E-state index in [1.807, 2.05) is 32.0 Å². The number of amides is 1. The number of nitrogens with zero attached hydrogens (tertiary/aromatic N) is 2. The number of hydrogen-bond donors (Lipinski definition) is 1. The third-order valence-corrected chi connectivity index (χ3v) is 5.92. The number of thiazole rings is 1. The van der Waals surface area contributed by atoms with Crippen LogP contribution in [0, 0.1) is 13.8 Å². The maximum atomic E-state index is 13.1. The molecular formula is C23H20N2O4S. The average molecular weight is 420 g/mol. The Balaban J connectivity index is 1.95. The van der Waals surface area contributed by atoms with Crippen LogP contribution in [0.5, 0.6) is 5.75 Å². The van der Waals surface area contributed by atoms with E-state index in [0.29, 0.717) is 22.0 Å². The van der Waals surface area contributed by atoms with E-state index in [0.717, 1.165) is 11.1 Å². The number of ether oxygens (including phenoxy) is 1. The second-order valence-corrected chi connectivity index (χ2v) is 7.95. The molecule has 7 heteroatoms. The van der Waals surface area contributed by atoms with Crippen molar-refractivity contribution in [3.63, 3.8) is 0 Å². The number of aryl methyl sites for hydroxylation is 2. The van der Waals surface area contributed by atoms with Crippen LogP contribution >= 0.6 is 11.3 Å². The standard InChI is InChI=1S/C23H20N2O4S/c1-13-4-5-14(2)17(12-13)20(26)18-19(15-6-8-16(29-3)9-7-15)25(22(28)21(18)27)23-24-10-11-30-23/h4-12,19,26H,1-3H3. The molecule has 0 aliphatic carbocycles. The second-order valence-electron chi connectivity index (χ2n) is 7.08. The highest BCUT2D eigenvalue weighted by atomic mass is 32.1. The topological polar surface area (TPSA) is 79.7 Å². The fraction of sp³-hybridized carbons (Fsp3) is 0.174. The number of carbonyl (C=O) groups excluding carboxylic acids is 2. The van der Waals surface area contributed by atoms with Crippen molar-refractivity contribution in [2.75, 3.05) is 12.0 Å². The van der Waals surface area contributed by atoms with Crippen molar-refractivity contribution in [2.24, 2.45) is 0 Å². The largest absolute Gasteiger partial charge is 0.507 e. The van der Waals surface area contributed by atoms with Gasteiger partial charge in [-0.25, -0.2) is 4.98 Å². The Morgan fingerprint density at radius 3 is 2.50 bits per heavy atom. The van der Waals surface area contributed by atoms with Gasteiger partial charge in [0.2, 0.25) is 0 Å². The summed E-state index contributed by atoms with van der Waals surface area (Å²) in [6.45, 7) is 3.76. The Hall–Kier alpha value is -3.45. The van der Waals surface area contributed by atoms with Gasteiger partial charge in [-0.15, -0.1) is 11.3 Å². The predicted molar refractivity (Wildman–Crippen MR) is 116 cm³/mol. The van der Waals surface area contributed by atoms with Gasteiger partial charge in [0.1, 0.15) is 11.5 Å². The van der Waals surface area contributed by atoms with Crippen molar-refractivity contribution < 1.29 is 19.4 Å². The average Bonchev–Trinajstić information content (AvgIpc) is 3.36. The number of aliphatic hydroxyl groups is 1. The Morgan fingerprint density at radius 2 is 1.87 bits per heavy atom. The summed E-state index contributed by atoms with van der Waals surface area (Å²) in [4.78, 5) is 31.6. The smallest absolute Gasteiger partial charge is 0.301 e. The molecule has 2 heterocycles. The van der Waals surface area contributed by atoms with Crippen molar-refractivity contribution in [2.45, 2.75) is 19.9 Å². The first kappa shape index (κ1) is 19.8. The zero-order chi connectivity index (χ0) is 21.4. The highest BCUT2D eigenvalue weighted by molar-refractivity contribution is 7.14. The van der Waals surface area contributed by atoms with Gasteiger partial charge in [-0.3, -0.25) is 14.5 Å². The molecule has 1 N–H and O–H groups in total. The molecule has 2 aromatic carbocycles. The van der Waals surface area contributed by atoms with Crippen LogP contribution in [0.1, 0.15) is 28.3 Å². The SMILES string of the molecule is COc1ccc(C2C(=C(O)c3cc(C)ccc3C)C(=O)C(=O)N2c2nccs2)cc1. The van der Waals surface area contributed by atoms with Crippen LogP contribution in [-0.4, -0.2) is 28.9 Å². The Morgan fingerprint density at radius 1 is 1.13 bits per heavy atom. The fourth-order valence-corrected chi connectivity index (χ4v) is 4.27. The van der Waals surface area contributed by atoms with Crippen LogP contribution in [0.25, 0.3) is 5.76 Å². The number of Topliss-reactive ketones (excluding diaryl/α,β-unsaturated/α-hetero) is 1. The first-order valence-corrected chi connectivity index (χ1v) is 10.2. The molecule has 4 rings (SSSR count). The molecule has 1 atom stereocenters. The summed E-state index contributed by atoms with van der Waals surface area (Å²) in [6, 6.07) is 11.9. The monoisotopic (exact) mass is 420 g/mol. The molecule has 0 saturated carbocycles. The van der Waals surface area contributed by atoms with E-state index in [2.05, 4.69) is 4.98 Å². The molecule has 6 nitrogen and oxygen atoms in total. The number of aromatic nitrogens is 1. The van der Waals surface area contributed by atoms with Gasteiger partial charge in [-0.05, 0) is 43.2 Å². The molecular weight excluding hydrogens is 400 g/mol. The fourth-order valence-electron chi connectivity index (χ4n) is 3.60. The predicted octanol–water partition coefficient (Wildman–Crippen LogP) is 4.39. The molecule has 0 spiro atoms. The van der Waals surface area contributed by atoms with E-state index in [1.165, 1.54) is 16.2 Å². The van der Waals surface area contributed by atoms with Crippen LogP contribution in [0.4, 0.5) is 5.13 Å². The van der Waals surface area contributed by atoms with Crippen molar-refractivity contribution in [1.29, 1.82) is 0 Å². The van der Waals surface area contributed by atoms with Gasteiger partial charge < -0.3 is 9.84 Å². The maximum Gasteiger partial charge on any atom is 0.301 e. The van der Waals surface area contributed by atoms with Gasteiger partial charge in [0.25, 0.3) is 5.78 Å². The molecule has 152 valence electrons. The molecule has 1 aliphatic heterocycles. The van der Waals surface area contributed by atoms with Gasteiger partial charge in [0.15, 0.2) is 5.13 Å². The number of aliphatic hydroxyl groups excluding tert-OH is 1. The van der Waals surface area contributed by atoms with Crippen LogP contribution in [-0.2, 0) is 9.59 Å². The molecule has 0 bridgehead atoms. The van der Waals surface area contributed by atoms with Crippen molar-refractivity contribution in [1.82, 2.24) is 4.98 Å². The number of hydrogen-bond acceptors (Lipinski definition) is 6. The zero-order valence-corrected chi connectivity index (χ0v) is 17.6. The molecule has 1 aromatic heterocycles. The van der Waals surface area contributed by atoms with Gasteiger partial charge in [0.05, 0.1) is 18.7 Å². The highest BCUT2D eigenvalue weighted by Crippen LogP contribution is 2.43. The van der Waals surface area contributed by atoms with Crippen LogP contribution in [0.2, 0.25) is 0 Å². The minimum Gasteiger partial charge on any atom is -0.507 e. The van der Waals surface area contributed by atoms with Gasteiger partial charge in [-0.1, -0.05) is 29.8 Å². The molecule has 1 saturated heterocycles. The summed E-state index contributed by atoms with van der Waals surface area (Å²) in [5.74, 6) is -0.976. The molecule has 0 radical (unpaired) electrons. The number of ketones is 1. The van der Waals surface area contributed by atoms with Crippen molar-refractivity contribution in [3.8, 4) is 5.75 Å². The van der Waals surface area contributed by atoms with E-state index in [4.69, 9.17) is 4.74 Å². The summed E-state index contributed by atoms with van der Waals surface area (Å²) in [7, 11) is 1.57. The van der Waals surface area contributed by atoms with Gasteiger partial charge >= 0.3 is 5.91 Å². The Kier molecular flexibility index (Phi) is 5.13. The number of anilines is 1. The number of rotatable bonds is 4. The van der Waals surface area contributed by atoms with Crippen molar-refractivity contribution >= 4 is 33.9 Å². The maximum absolute atomic E-state index is 13.1. The molecule has 1 fully saturated rings. The molecule has 1 aliphatic rings. The van der Waals surface area contributed by atoms with Gasteiger partial charge in [0, 0.05) is 17.1 Å². The molecule has 30 heavy (non-hydrogen) atoms. The van der Waals surface area contributed by atoms with Crippen molar-refractivity contribution in [3.05, 3.63) is 81.9 Å². The van der Waals surface area contributed by atoms with E-state index >= 15 is 0 Å². The molecule has 3 aromatic rings. The summed E-state index contributed by atoms with van der Waals surface area (Å²) in [6.07, 6.45) is 1.58. The number of carbonyl (C=O) groups is 2. The van der Waals surface area contributed by atoms with Crippen LogP contribution < -0.4 is 9.64 Å². The van der Waals surface area contributed by atoms with Crippen LogP contribution in [0.15, 0.2) is 59.6 Å². The second kappa shape index (κ2) is 7.76. The van der Waals surface area contributed by atoms with E-state index in [-0.39, 0.29) is 11.3 Å². The molecule has 1 amide bonds. The third-order valence-electron chi connectivity index (χ3n) is 5.15. The lowest BCUT2D eigenvalue weighted by atomic mass is 9.93. The van der Waals surface area contributed by atoms with Gasteiger partial charge in [-0.2, -0.15) is 0 Å². The number of benzene rings is 2. The summed E-state index contributed by atoms with van der Waals surface area (Å²) in [5.41, 5.74) is 3.01. The lowest BCUT2D eigenvalue weighted by molar-refractivity contribution is -0.132. The summed E-state index contributed by atoms with van der Waals surface area (Å²) in [5, 5.41) is 13.3. The summed E-state index contributed by atoms with van der Waals surface area (Å²) >= 11 is 1.26. The van der Waals surface area contributed by atoms with E-state index in [1.54, 1.807) is 43.0 Å². The molecule has 1 unspecified atom stereocenters. The highest BCUT2D eigenvalue weighted by Gasteiger charge is 2.48. The summed E-state index contributed by atoms with van der Waals surface area (Å²) < 4.78 is 5.23. The minimum absolute atomic E-state index is 0.0501. The van der Waals surface area contributed by atoms with E-state index < -0.39 is 17.7 Å². The Labute approximate surface area is 178 Å². The normalized spacial score (nSPS) is 18.1. The lowest BCUT2D eigenvalue weighted by Crippen LogP contribution is -2.29.